The third-order valence-corrected chi connectivity index (χ3v) is 3.70. The molecular formula is C12H22N2OS. The molecule has 0 aliphatic carbocycles. The Morgan fingerprint density at radius 2 is 2.12 bits per heavy atom. The van der Waals surface area contributed by atoms with Crippen LogP contribution < -0.4 is 5.32 Å². The third kappa shape index (κ3) is 4.20. The molecule has 1 aromatic rings. The van der Waals surface area contributed by atoms with Crippen LogP contribution in [0.25, 0.3) is 0 Å². The first-order chi connectivity index (χ1) is 7.81. The fraction of sp³-hybridized carbons (Fsp3) is 0.750. The topological polar surface area (TPSA) is 34.2 Å². The Hall–Kier alpha value is -0.450. The second-order valence-corrected chi connectivity index (χ2v) is 4.88. The van der Waals surface area contributed by atoms with E-state index >= 15 is 0 Å². The van der Waals surface area contributed by atoms with Gasteiger partial charge in [0.2, 0.25) is 0 Å². The lowest BCUT2D eigenvalue weighted by Gasteiger charge is -2.01. The highest BCUT2D eigenvalue weighted by Gasteiger charge is 2.07. The minimum atomic E-state index is 0.825. The zero-order chi connectivity index (χ0) is 11.8. The summed E-state index contributed by atoms with van der Waals surface area (Å²) in [7, 11) is 1.74. The summed E-state index contributed by atoms with van der Waals surface area (Å²) in [5, 5.41) is 4.61. The van der Waals surface area contributed by atoms with Crippen LogP contribution >= 0.6 is 11.3 Å². The number of thiazole rings is 1. The van der Waals surface area contributed by atoms with Gasteiger partial charge in [-0.15, -0.1) is 11.3 Å². The molecule has 16 heavy (non-hydrogen) atoms. The molecule has 4 heteroatoms. The van der Waals surface area contributed by atoms with Crippen LogP contribution in [0.15, 0.2) is 0 Å². The van der Waals surface area contributed by atoms with Gasteiger partial charge in [-0.3, -0.25) is 0 Å². The quantitative estimate of drug-likeness (QED) is 0.711. The zero-order valence-corrected chi connectivity index (χ0v) is 11.3. The predicted octanol–water partition coefficient (Wildman–Crippen LogP) is 2.39. The molecule has 0 amide bonds. The number of nitrogens with one attached hydrogen (secondary N) is 1. The zero-order valence-electron chi connectivity index (χ0n) is 10.5. The molecule has 0 unspecified atom stereocenters. The lowest BCUT2D eigenvalue weighted by Crippen LogP contribution is -2.15. The van der Waals surface area contributed by atoms with E-state index in [1.165, 1.54) is 15.6 Å². The van der Waals surface area contributed by atoms with Crippen molar-refractivity contribution >= 4 is 11.3 Å². The largest absolute Gasteiger partial charge is 0.385 e. The molecule has 0 saturated carbocycles. The molecule has 92 valence electrons. The Balaban J connectivity index is 2.33. The van der Waals surface area contributed by atoms with Gasteiger partial charge in [0.1, 0.15) is 5.01 Å². The second kappa shape index (κ2) is 7.76. The highest BCUT2D eigenvalue weighted by Crippen LogP contribution is 2.19. The van der Waals surface area contributed by atoms with E-state index in [-0.39, 0.29) is 0 Å². The smallest absolute Gasteiger partial charge is 0.107 e. The minimum absolute atomic E-state index is 0.825. The van der Waals surface area contributed by atoms with E-state index < -0.39 is 0 Å². The van der Waals surface area contributed by atoms with Gasteiger partial charge in [0.05, 0.1) is 5.69 Å². The number of aryl methyl sites for hydroxylation is 2. The fourth-order valence-electron chi connectivity index (χ4n) is 1.60. The average molecular weight is 242 g/mol. The Morgan fingerprint density at radius 3 is 2.69 bits per heavy atom. The number of nitrogens with zero attached hydrogens (tertiary/aromatic N) is 1. The van der Waals surface area contributed by atoms with E-state index in [4.69, 9.17) is 4.74 Å². The molecule has 1 aromatic heterocycles. The van der Waals surface area contributed by atoms with Gasteiger partial charge in [-0.05, 0) is 25.8 Å². The molecule has 0 spiro atoms. The lowest BCUT2D eigenvalue weighted by molar-refractivity contribution is 0.194. The van der Waals surface area contributed by atoms with Gasteiger partial charge in [-0.2, -0.15) is 0 Å². The van der Waals surface area contributed by atoms with E-state index in [9.17, 15) is 0 Å². The van der Waals surface area contributed by atoms with E-state index in [0.717, 1.165) is 39.0 Å². The van der Waals surface area contributed by atoms with Gasteiger partial charge in [0.15, 0.2) is 0 Å². The molecule has 1 heterocycles. The Bertz CT molecular complexity index is 278. The summed E-state index contributed by atoms with van der Waals surface area (Å²) in [5.41, 5.74) is 1.28. The van der Waals surface area contributed by atoms with Crippen molar-refractivity contribution in [2.45, 2.75) is 39.7 Å². The van der Waals surface area contributed by atoms with Crippen molar-refractivity contribution in [1.82, 2.24) is 10.3 Å². The van der Waals surface area contributed by atoms with Crippen molar-refractivity contribution < 1.29 is 4.74 Å². The van der Waals surface area contributed by atoms with Gasteiger partial charge in [-0.1, -0.05) is 13.8 Å². The summed E-state index contributed by atoms with van der Waals surface area (Å²) in [6.07, 6.45) is 3.21. The van der Waals surface area contributed by atoms with Crippen molar-refractivity contribution in [3.63, 3.8) is 0 Å². The van der Waals surface area contributed by atoms with Gasteiger partial charge in [0, 0.05) is 25.1 Å². The monoisotopic (exact) mass is 242 g/mol. The molecule has 0 aliphatic rings. The highest BCUT2D eigenvalue weighted by atomic mass is 32.1. The molecule has 3 nitrogen and oxygen atoms in total. The molecule has 0 aliphatic heterocycles. The summed E-state index contributed by atoms with van der Waals surface area (Å²) in [5.74, 6) is 0. The minimum Gasteiger partial charge on any atom is -0.385 e. The molecule has 0 aromatic carbocycles. The molecule has 0 fully saturated rings. The van der Waals surface area contributed by atoms with Gasteiger partial charge in [-0.25, -0.2) is 4.98 Å². The Kier molecular flexibility index (Phi) is 6.61. The third-order valence-electron chi connectivity index (χ3n) is 2.46. The summed E-state index contributed by atoms with van der Waals surface area (Å²) in [6.45, 7) is 7.08. The van der Waals surface area contributed by atoms with Crippen LogP contribution in [0.2, 0.25) is 0 Å². The first-order valence-corrected chi connectivity index (χ1v) is 6.80. The van der Waals surface area contributed by atoms with E-state index in [1.54, 1.807) is 7.11 Å². The predicted molar refractivity (Wildman–Crippen MR) is 69.1 cm³/mol. The number of ether oxygens (including phenoxy) is 1. The molecule has 0 atom stereocenters. The Labute approximate surface area is 102 Å². The van der Waals surface area contributed by atoms with Crippen molar-refractivity contribution in [2.24, 2.45) is 0 Å². The summed E-state index contributed by atoms with van der Waals surface area (Å²) in [6, 6.07) is 0. The molecule has 0 saturated heterocycles. The summed E-state index contributed by atoms with van der Waals surface area (Å²) >= 11 is 1.84. The maximum Gasteiger partial charge on any atom is 0.107 e. The van der Waals surface area contributed by atoms with Gasteiger partial charge >= 0.3 is 0 Å². The van der Waals surface area contributed by atoms with Crippen LogP contribution in [0.1, 0.15) is 35.8 Å². The van der Waals surface area contributed by atoms with Crippen LogP contribution in [-0.4, -0.2) is 25.2 Å². The number of rotatable bonds is 8. The Morgan fingerprint density at radius 1 is 1.31 bits per heavy atom. The molecule has 1 N–H and O–H groups in total. The molecular weight excluding hydrogens is 220 g/mol. The first kappa shape index (κ1) is 13.6. The van der Waals surface area contributed by atoms with Crippen molar-refractivity contribution in [3.8, 4) is 0 Å². The molecule has 0 bridgehead atoms. The molecule has 0 radical (unpaired) electrons. The van der Waals surface area contributed by atoms with Crippen LogP contribution in [-0.2, 0) is 24.1 Å². The van der Waals surface area contributed by atoms with Crippen LogP contribution in [0.4, 0.5) is 0 Å². The van der Waals surface area contributed by atoms with Gasteiger partial charge < -0.3 is 10.1 Å². The first-order valence-electron chi connectivity index (χ1n) is 5.98. The van der Waals surface area contributed by atoms with Crippen molar-refractivity contribution in [1.29, 1.82) is 0 Å². The van der Waals surface area contributed by atoms with Crippen molar-refractivity contribution in [3.05, 3.63) is 15.6 Å². The fourth-order valence-corrected chi connectivity index (χ4v) is 2.67. The highest BCUT2D eigenvalue weighted by molar-refractivity contribution is 7.11. The van der Waals surface area contributed by atoms with Gasteiger partial charge in [0.25, 0.3) is 0 Å². The average Bonchev–Trinajstić information content (AvgIpc) is 2.71. The van der Waals surface area contributed by atoms with Crippen LogP contribution in [0.3, 0.4) is 0 Å². The maximum absolute atomic E-state index is 5.00. The standard InChI is InChI=1S/C12H22N2OS/c1-4-10-11(5-2)16-12(14-10)9-13-7-6-8-15-3/h13H,4-9H2,1-3H3. The van der Waals surface area contributed by atoms with Crippen LogP contribution in [0.5, 0.6) is 0 Å². The summed E-state index contributed by atoms with van der Waals surface area (Å²) < 4.78 is 5.00. The SMILES string of the molecule is CCc1nc(CNCCCOC)sc1CC. The number of methoxy groups -OCH3 is 1. The maximum atomic E-state index is 5.00. The van der Waals surface area contributed by atoms with E-state index in [1.807, 2.05) is 11.3 Å². The van der Waals surface area contributed by atoms with Crippen molar-refractivity contribution in [2.75, 3.05) is 20.3 Å². The molecule has 1 rings (SSSR count). The second-order valence-electron chi connectivity index (χ2n) is 3.71. The van der Waals surface area contributed by atoms with Crippen LogP contribution in [0, 0.1) is 0 Å². The normalized spacial score (nSPS) is 10.9. The lowest BCUT2D eigenvalue weighted by atomic mass is 10.2. The van der Waals surface area contributed by atoms with E-state index in [0.29, 0.717) is 0 Å². The van der Waals surface area contributed by atoms with E-state index in [2.05, 4.69) is 24.1 Å². The summed E-state index contributed by atoms with van der Waals surface area (Å²) in [4.78, 5) is 6.08. The number of aromatic nitrogens is 1. The number of hydrogen-bond donors (Lipinski definition) is 1. The number of hydrogen-bond acceptors (Lipinski definition) is 4.